The minimum atomic E-state index is -0.935. The summed E-state index contributed by atoms with van der Waals surface area (Å²) >= 11 is 5.49. The third-order valence-electron chi connectivity index (χ3n) is 4.36. The summed E-state index contributed by atoms with van der Waals surface area (Å²) in [6, 6.07) is 20.3. The number of hydrogen-bond acceptors (Lipinski definition) is 2. The second-order valence-electron chi connectivity index (χ2n) is 5.82. The highest BCUT2D eigenvalue weighted by Crippen LogP contribution is 2.37. The first-order valence-electron chi connectivity index (χ1n) is 7.82. The molecule has 2 aromatic carbocycles. The summed E-state index contributed by atoms with van der Waals surface area (Å²) in [6.45, 7) is 0.791. The maximum absolute atomic E-state index is 11.1. The zero-order chi connectivity index (χ0) is 15.4. The second-order valence-corrected chi connectivity index (χ2v) is 6.29. The van der Waals surface area contributed by atoms with Gasteiger partial charge in [-0.05, 0) is 18.4 Å². The fourth-order valence-electron chi connectivity index (χ4n) is 3.16. The number of rotatable bonds is 5. The summed E-state index contributed by atoms with van der Waals surface area (Å²) in [6.07, 6.45) is 3.46. The van der Waals surface area contributed by atoms with E-state index in [1.807, 2.05) is 41.3 Å². The molecular formula is C19H21NOS. The van der Waals surface area contributed by atoms with Crippen LogP contribution in [-0.2, 0) is 12.1 Å². The molecule has 114 valence electrons. The molecule has 1 aliphatic heterocycles. The molecule has 0 bridgehead atoms. The molecule has 0 spiro atoms. The third-order valence-corrected chi connectivity index (χ3v) is 4.79. The van der Waals surface area contributed by atoms with Crippen molar-refractivity contribution in [2.45, 2.75) is 31.4 Å². The lowest BCUT2D eigenvalue weighted by Crippen LogP contribution is -2.43. The first-order valence-corrected chi connectivity index (χ1v) is 8.23. The van der Waals surface area contributed by atoms with Crippen molar-refractivity contribution < 1.29 is 5.11 Å². The van der Waals surface area contributed by atoms with Crippen LogP contribution in [0.2, 0.25) is 0 Å². The summed E-state index contributed by atoms with van der Waals surface area (Å²) in [4.78, 5) is 2.89. The van der Waals surface area contributed by atoms with Crippen molar-refractivity contribution in [2.75, 3.05) is 6.54 Å². The van der Waals surface area contributed by atoms with E-state index in [9.17, 15) is 5.11 Å². The molecule has 1 saturated heterocycles. The van der Waals surface area contributed by atoms with Crippen molar-refractivity contribution in [1.82, 2.24) is 4.90 Å². The van der Waals surface area contributed by atoms with Crippen molar-refractivity contribution in [3.63, 3.8) is 0 Å². The van der Waals surface area contributed by atoms with Crippen LogP contribution in [0.1, 0.15) is 30.4 Å². The van der Waals surface area contributed by atoms with Gasteiger partial charge in [0.25, 0.3) is 0 Å². The maximum Gasteiger partial charge on any atom is 0.165 e. The van der Waals surface area contributed by atoms with Crippen LogP contribution < -0.4 is 0 Å². The van der Waals surface area contributed by atoms with E-state index in [1.165, 1.54) is 5.56 Å². The Bertz CT molecular complexity index is 628. The van der Waals surface area contributed by atoms with Gasteiger partial charge in [0, 0.05) is 24.9 Å². The lowest BCUT2D eigenvalue weighted by atomic mass is 10.00. The molecule has 0 amide bonds. The first kappa shape index (κ1) is 15.2. The normalized spacial score (nSPS) is 21.3. The Labute approximate surface area is 137 Å². The zero-order valence-corrected chi connectivity index (χ0v) is 13.4. The Morgan fingerprint density at radius 3 is 2.32 bits per heavy atom. The van der Waals surface area contributed by atoms with E-state index in [-0.39, 0.29) is 0 Å². The molecule has 0 radical (unpaired) electrons. The van der Waals surface area contributed by atoms with E-state index in [4.69, 9.17) is 12.2 Å². The van der Waals surface area contributed by atoms with Gasteiger partial charge in [-0.3, -0.25) is 0 Å². The number of thiocarbonyl (C=S) groups is 1. The van der Waals surface area contributed by atoms with Crippen molar-refractivity contribution in [3.05, 3.63) is 71.8 Å². The summed E-state index contributed by atoms with van der Waals surface area (Å²) in [5.74, 6) is 0. The smallest absolute Gasteiger partial charge is 0.165 e. The highest BCUT2D eigenvalue weighted by Gasteiger charge is 2.42. The number of benzene rings is 2. The standard InChI is InChI=1S/C19H21NOS/c21-19(17-11-5-2-6-12-17)14-13-18(22)20(19)15-7-10-16-8-3-1-4-9-16/h1-6,8-9,11-12,21H,7,10,13-15H2. The largest absolute Gasteiger partial charge is 0.367 e. The van der Waals surface area contributed by atoms with E-state index < -0.39 is 5.72 Å². The Morgan fingerprint density at radius 2 is 1.64 bits per heavy atom. The number of aliphatic hydroxyl groups is 1. The molecule has 1 fully saturated rings. The van der Waals surface area contributed by atoms with Crippen LogP contribution in [0.25, 0.3) is 0 Å². The number of likely N-dealkylation sites (tertiary alicyclic amines) is 1. The molecule has 1 atom stereocenters. The van der Waals surface area contributed by atoms with Crippen LogP contribution in [0.4, 0.5) is 0 Å². The Hall–Kier alpha value is -1.71. The van der Waals surface area contributed by atoms with E-state index >= 15 is 0 Å². The van der Waals surface area contributed by atoms with Gasteiger partial charge in [0.2, 0.25) is 0 Å². The van der Waals surface area contributed by atoms with Gasteiger partial charge in [0.15, 0.2) is 5.72 Å². The van der Waals surface area contributed by atoms with E-state index in [2.05, 4.69) is 24.3 Å². The van der Waals surface area contributed by atoms with E-state index in [0.717, 1.165) is 36.4 Å². The highest BCUT2D eigenvalue weighted by molar-refractivity contribution is 7.80. The number of aryl methyl sites for hydroxylation is 1. The quantitative estimate of drug-likeness (QED) is 0.848. The van der Waals surface area contributed by atoms with E-state index in [0.29, 0.717) is 6.42 Å². The summed E-state index contributed by atoms with van der Waals surface area (Å²) in [5.41, 5.74) is 1.33. The Morgan fingerprint density at radius 1 is 1.00 bits per heavy atom. The first-order chi connectivity index (χ1) is 10.7. The van der Waals surface area contributed by atoms with Gasteiger partial charge in [0.1, 0.15) is 0 Å². The summed E-state index contributed by atoms with van der Waals surface area (Å²) in [5, 5.41) is 11.1. The molecule has 0 aliphatic carbocycles. The molecule has 1 unspecified atom stereocenters. The Balaban J connectivity index is 1.69. The van der Waals surface area contributed by atoms with Gasteiger partial charge in [-0.2, -0.15) is 0 Å². The van der Waals surface area contributed by atoms with Gasteiger partial charge in [0.05, 0.1) is 4.99 Å². The third kappa shape index (κ3) is 3.06. The van der Waals surface area contributed by atoms with Crippen molar-refractivity contribution >= 4 is 17.2 Å². The molecule has 2 aromatic rings. The lowest BCUT2D eigenvalue weighted by Gasteiger charge is -2.35. The van der Waals surface area contributed by atoms with Crippen LogP contribution >= 0.6 is 12.2 Å². The molecule has 1 N–H and O–H groups in total. The topological polar surface area (TPSA) is 23.5 Å². The summed E-state index contributed by atoms with van der Waals surface area (Å²) < 4.78 is 0. The average Bonchev–Trinajstić information content (AvgIpc) is 2.86. The van der Waals surface area contributed by atoms with Gasteiger partial charge >= 0.3 is 0 Å². The second kappa shape index (κ2) is 6.59. The van der Waals surface area contributed by atoms with E-state index in [1.54, 1.807) is 0 Å². The van der Waals surface area contributed by atoms with Gasteiger partial charge < -0.3 is 10.0 Å². The molecule has 22 heavy (non-hydrogen) atoms. The zero-order valence-electron chi connectivity index (χ0n) is 12.6. The van der Waals surface area contributed by atoms with Crippen molar-refractivity contribution in [1.29, 1.82) is 0 Å². The molecular weight excluding hydrogens is 290 g/mol. The number of nitrogens with zero attached hydrogens (tertiary/aromatic N) is 1. The number of hydrogen-bond donors (Lipinski definition) is 1. The highest BCUT2D eigenvalue weighted by atomic mass is 32.1. The van der Waals surface area contributed by atoms with Crippen LogP contribution in [0, 0.1) is 0 Å². The Kier molecular flexibility index (Phi) is 4.55. The molecule has 0 aromatic heterocycles. The SMILES string of the molecule is OC1(c2ccccc2)CCC(=S)N1CCCc1ccccc1. The van der Waals surface area contributed by atoms with Crippen LogP contribution in [0.5, 0.6) is 0 Å². The minimum absolute atomic E-state index is 0.682. The molecule has 3 heteroatoms. The summed E-state index contributed by atoms with van der Waals surface area (Å²) in [7, 11) is 0. The van der Waals surface area contributed by atoms with Gasteiger partial charge in [-0.1, -0.05) is 72.9 Å². The predicted molar refractivity (Wildman–Crippen MR) is 93.6 cm³/mol. The lowest BCUT2D eigenvalue weighted by molar-refractivity contribution is -0.0640. The van der Waals surface area contributed by atoms with Crippen LogP contribution in [0.3, 0.4) is 0 Å². The van der Waals surface area contributed by atoms with Crippen molar-refractivity contribution in [2.24, 2.45) is 0 Å². The van der Waals surface area contributed by atoms with Gasteiger partial charge in [-0.25, -0.2) is 0 Å². The van der Waals surface area contributed by atoms with Crippen LogP contribution in [0.15, 0.2) is 60.7 Å². The minimum Gasteiger partial charge on any atom is -0.367 e. The molecule has 0 saturated carbocycles. The monoisotopic (exact) mass is 311 g/mol. The average molecular weight is 311 g/mol. The fourth-order valence-corrected chi connectivity index (χ4v) is 3.50. The van der Waals surface area contributed by atoms with Gasteiger partial charge in [-0.15, -0.1) is 0 Å². The van der Waals surface area contributed by atoms with Crippen molar-refractivity contribution in [3.8, 4) is 0 Å². The fraction of sp³-hybridized carbons (Fsp3) is 0.316. The maximum atomic E-state index is 11.1. The predicted octanol–water partition coefficient (Wildman–Crippen LogP) is 3.89. The molecule has 1 aliphatic rings. The van der Waals surface area contributed by atoms with Crippen LogP contribution in [-0.4, -0.2) is 21.5 Å². The molecule has 3 rings (SSSR count). The molecule has 2 nitrogen and oxygen atoms in total. The molecule has 1 heterocycles.